The van der Waals surface area contributed by atoms with E-state index in [0.29, 0.717) is 18.0 Å². The molecule has 3 unspecified atom stereocenters. The van der Waals surface area contributed by atoms with Gasteiger partial charge >= 0.3 is 6.09 Å². The van der Waals surface area contributed by atoms with E-state index in [1.54, 1.807) is 12.1 Å². The van der Waals surface area contributed by atoms with Gasteiger partial charge in [0.2, 0.25) is 0 Å². The lowest BCUT2D eigenvalue weighted by molar-refractivity contribution is -0.124. The van der Waals surface area contributed by atoms with E-state index in [4.69, 9.17) is 5.11 Å². The van der Waals surface area contributed by atoms with Crippen molar-refractivity contribution in [2.45, 2.75) is 31.2 Å². The Bertz CT molecular complexity index is 531. The zero-order valence-electron chi connectivity index (χ0n) is 11.1. The molecule has 3 atom stereocenters. The maximum absolute atomic E-state index is 12.6. The molecule has 5 nitrogen and oxygen atoms in total. The molecule has 5 heteroatoms. The fourth-order valence-corrected chi connectivity index (χ4v) is 3.77. The van der Waals surface area contributed by atoms with Gasteiger partial charge in [-0.25, -0.2) is 4.79 Å². The van der Waals surface area contributed by atoms with Crippen LogP contribution in [0.5, 0.6) is 0 Å². The summed E-state index contributed by atoms with van der Waals surface area (Å²) in [4.78, 5) is 23.7. The molecule has 106 valence electrons. The number of hydrogen-bond acceptors (Lipinski definition) is 2. The Kier molecular flexibility index (Phi) is 3.12. The summed E-state index contributed by atoms with van der Waals surface area (Å²) >= 11 is 0. The van der Waals surface area contributed by atoms with Crippen molar-refractivity contribution < 1.29 is 14.7 Å². The molecular weight excluding hydrogens is 256 g/mol. The third-order valence-corrected chi connectivity index (χ3v) is 4.62. The van der Waals surface area contributed by atoms with Crippen molar-refractivity contribution in [3.05, 3.63) is 30.3 Å². The molecule has 2 amide bonds. The SMILES string of the molecule is O=C(O)NC1(C(=O)Nc2ccccc2)CC2CCC1C2. The monoisotopic (exact) mass is 274 g/mol. The Morgan fingerprint density at radius 2 is 1.95 bits per heavy atom. The van der Waals surface area contributed by atoms with Crippen LogP contribution < -0.4 is 10.6 Å². The second kappa shape index (κ2) is 4.81. The molecule has 0 saturated heterocycles. The number of fused-ring (bicyclic) bond motifs is 2. The Balaban J connectivity index is 1.83. The van der Waals surface area contributed by atoms with Crippen LogP contribution in [0.1, 0.15) is 25.7 Å². The normalized spacial score (nSPS) is 31.0. The summed E-state index contributed by atoms with van der Waals surface area (Å²) in [6.45, 7) is 0. The molecule has 2 aliphatic rings. The van der Waals surface area contributed by atoms with E-state index in [1.807, 2.05) is 18.2 Å². The first-order valence-electron chi connectivity index (χ1n) is 6.98. The number of carbonyl (C=O) groups is 2. The van der Waals surface area contributed by atoms with Crippen molar-refractivity contribution in [1.82, 2.24) is 5.32 Å². The van der Waals surface area contributed by atoms with Crippen LogP contribution in [0.4, 0.5) is 10.5 Å². The maximum atomic E-state index is 12.6. The fourth-order valence-electron chi connectivity index (χ4n) is 3.77. The van der Waals surface area contributed by atoms with E-state index in [2.05, 4.69) is 10.6 Å². The molecule has 1 aromatic carbocycles. The van der Waals surface area contributed by atoms with Crippen LogP contribution in [0.15, 0.2) is 30.3 Å². The van der Waals surface area contributed by atoms with Gasteiger partial charge in [0.1, 0.15) is 5.54 Å². The molecule has 2 saturated carbocycles. The molecule has 0 aromatic heterocycles. The van der Waals surface area contributed by atoms with Gasteiger partial charge in [-0.3, -0.25) is 4.79 Å². The quantitative estimate of drug-likeness (QED) is 0.792. The van der Waals surface area contributed by atoms with Crippen LogP contribution in [-0.4, -0.2) is 22.6 Å². The van der Waals surface area contributed by atoms with Crippen molar-refractivity contribution >= 4 is 17.7 Å². The molecule has 2 aliphatic carbocycles. The highest BCUT2D eigenvalue weighted by Gasteiger charge is 2.56. The lowest BCUT2D eigenvalue weighted by Crippen LogP contribution is -2.59. The van der Waals surface area contributed by atoms with Crippen molar-refractivity contribution in [3.8, 4) is 0 Å². The molecule has 3 N–H and O–H groups in total. The van der Waals surface area contributed by atoms with Gasteiger partial charge in [-0.05, 0) is 49.7 Å². The molecule has 1 aromatic rings. The maximum Gasteiger partial charge on any atom is 0.405 e. The summed E-state index contributed by atoms with van der Waals surface area (Å²) in [5.74, 6) is 0.360. The molecule has 20 heavy (non-hydrogen) atoms. The third-order valence-electron chi connectivity index (χ3n) is 4.62. The minimum atomic E-state index is -1.12. The number of carbonyl (C=O) groups excluding carboxylic acids is 1. The second-order valence-corrected chi connectivity index (χ2v) is 5.80. The van der Waals surface area contributed by atoms with Gasteiger partial charge in [-0.1, -0.05) is 18.2 Å². The topological polar surface area (TPSA) is 78.4 Å². The van der Waals surface area contributed by atoms with Crippen LogP contribution in [-0.2, 0) is 4.79 Å². The number of anilines is 1. The first kappa shape index (κ1) is 13.0. The van der Waals surface area contributed by atoms with Gasteiger partial charge in [0.25, 0.3) is 5.91 Å². The number of hydrogen-bond donors (Lipinski definition) is 3. The highest BCUT2D eigenvalue weighted by Crippen LogP contribution is 2.51. The lowest BCUT2D eigenvalue weighted by atomic mass is 9.80. The van der Waals surface area contributed by atoms with Crippen LogP contribution >= 0.6 is 0 Å². The van der Waals surface area contributed by atoms with Gasteiger partial charge in [0.05, 0.1) is 0 Å². The Morgan fingerprint density at radius 1 is 1.20 bits per heavy atom. The molecule has 0 heterocycles. The Morgan fingerprint density at radius 3 is 2.50 bits per heavy atom. The molecule has 0 radical (unpaired) electrons. The first-order valence-corrected chi connectivity index (χ1v) is 6.98. The molecule has 0 aliphatic heterocycles. The van der Waals surface area contributed by atoms with Gasteiger partial charge in [0, 0.05) is 5.69 Å². The molecule has 2 fully saturated rings. The van der Waals surface area contributed by atoms with Crippen LogP contribution in [0.25, 0.3) is 0 Å². The number of rotatable bonds is 3. The standard InChI is InChI=1S/C15H18N2O3/c18-13(16-12-4-2-1-3-5-12)15(17-14(19)20)9-10-6-7-11(15)8-10/h1-5,10-11,17H,6-9H2,(H,16,18)(H,19,20). The Hall–Kier alpha value is -2.04. The van der Waals surface area contributed by atoms with E-state index in [0.717, 1.165) is 19.3 Å². The zero-order valence-corrected chi connectivity index (χ0v) is 11.1. The number of carboxylic acid groups (broad SMARTS) is 1. The summed E-state index contributed by atoms with van der Waals surface area (Å²) in [6.07, 6.45) is 2.46. The highest BCUT2D eigenvalue weighted by molar-refractivity contribution is 6.00. The van der Waals surface area contributed by atoms with E-state index in [-0.39, 0.29) is 11.8 Å². The van der Waals surface area contributed by atoms with Gasteiger partial charge in [-0.2, -0.15) is 0 Å². The predicted octanol–water partition coefficient (Wildman–Crippen LogP) is 2.45. The summed E-state index contributed by atoms with van der Waals surface area (Å²) in [7, 11) is 0. The smallest absolute Gasteiger partial charge is 0.405 e. The van der Waals surface area contributed by atoms with Crippen molar-refractivity contribution in [3.63, 3.8) is 0 Å². The van der Waals surface area contributed by atoms with Crippen molar-refractivity contribution in [2.75, 3.05) is 5.32 Å². The lowest BCUT2D eigenvalue weighted by Gasteiger charge is -2.36. The number of nitrogens with one attached hydrogen (secondary N) is 2. The van der Waals surface area contributed by atoms with Gasteiger partial charge < -0.3 is 15.7 Å². The van der Waals surface area contributed by atoms with E-state index >= 15 is 0 Å². The summed E-state index contributed by atoms with van der Waals surface area (Å²) in [5, 5.41) is 14.5. The summed E-state index contributed by atoms with van der Waals surface area (Å²) < 4.78 is 0. The number of benzene rings is 1. The minimum absolute atomic E-state index is 0.118. The minimum Gasteiger partial charge on any atom is -0.465 e. The molecule has 3 rings (SSSR count). The summed E-state index contributed by atoms with van der Waals surface area (Å²) in [6, 6.07) is 9.17. The van der Waals surface area contributed by atoms with Gasteiger partial charge in [-0.15, -0.1) is 0 Å². The number of amides is 2. The molecule has 2 bridgehead atoms. The fraction of sp³-hybridized carbons (Fsp3) is 0.467. The van der Waals surface area contributed by atoms with Crippen molar-refractivity contribution in [1.29, 1.82) is 0 Å². The van der Waals surface area contributed by atoms with Crippen LogP contribution in [0.3, 0.4) is 0 Å². The second-order valence-electron chi connectivity index (χ2n) is 5.80. The van der Waals surface area contributed by atoms with E-state index in [9.17, 15) is 9.59 Å². The third kappa shape index (κ3) is 2.13. The summed E-state index contributed by atoms with van der Waals surface area (Å²) in [5.41, 5.74) is -0.253. The van der Waals surface area contributed by atoms with Crippen LogP contribution in [0.2, 0.25) is 0 Å². The largest absolute Gasteiger partial charge is 0.465 e. The number of para-hydroxylation sites is 1. The highest BCUT2D eigenvalue weighted by atomic mass is 16.4. The predicted molar refractivity (Wildman–Crippen MR) is 74.4 cm³/mol. The Labute approximate surface area is 117 Å². The average Bonchev–Trinajstić information content (AvgIpc) is 3.00. The zero-order chi connectivity index (χ0) is 14.2. The average molecular weight is 274 g/mol. The van der Waals surface area contributed by atoms with E-state index in [1.165, 1.54) is 0 Å². The first-order chi connectivity index (χ1) is 9.60. The molecular formula is C15H18N2O3. The van der Waals surface area contributed by atoms with Gasteiger partial charge in [0.15, 0.2) is 0 Å². The van der Waals surface area contributed by atoms with Crippen LogP contribution in [0, 0.1) is 11.8 Å². The van der Waals surface area contributed by atoms with Crippen molar-refractivity contribution in [2.24, 2.45) is 11.8 Å². The van der Waals surface area contributed by atoms with E-state index < -0.39 is 11.6 Å². The molecule has 0 spiro atoms.